The molecule has 1 heterocycles. The Morgan fingerprint density at radius 1 is 1.24 bits per heavy atom. The minimum Gasteiger partial charge on any atom is -0.492 e. The van der Waals surface area contributed by atoms with E-state index in [1.54, 1.807) is 11.3 Å². The van der Waals surface area contributed by atoms with E-state index in [0.29, 0.717) is 6.61 Å². The topological polar surface area (TPSA) is 21.3 Å². The molecule has 0 fully saturated rings. The zero-order valence-electron chi connectivity index (χ0n) is 10.1. The van der Waals surface area contributed by atoms with Gasteiger partial charge in [0.25, 0.3) is 0 Å². The molecule has 0 amide bonds. The van der Waals surface area contributed by atoms with Gasteiger partial charge in [0.15, 0.2) is 0 Å². The summed E-state index contributed by atoms with van der Waals surface area (Å²) in [6.07, 6.45) is 0. The molecule has 1 N–H and O–H groups in total. The molecular weight excluding hydrogens is 230 g/mol. The zero-order valence-corrected chi connectivity index (χ0v) is 11.0. The molecule has 0 aliphatic heterocycles. The second kappa shape index (κ2) is 5.84. The van der Waals surface area contributed by atoms with Gasteiger partial charge in [-0.1, -0.05) is 18.2 Å². The normalized spacial score (nSPS) is 12.4. The van der Waals surface area contributed by atoms with Crippen LogP contribution >= 0.6 is 11.3 Å². The maximum absolute atomic E-state index is 5.78. The molecule has 2 rings (SSSR count). The summed E-state index contributed by atoms with van der Waals surface area (Å²) in [6.45, 7) is 2.80. The molecule has 1 atom stereocenters. The van der Waals surface area contributed by atoms with Crippen LogP contribution in [0.5, 0.6) is 5.75 Å². The van der Waals surface area contributed by atoms with Gasteiger partial charge in [-0.15, -0.1) is 11.3 Å². The number of ether oxygens (including phenoxy) is 1. The van der Waals surface area contributed by atoms with E-state index in [0.717, 1.165) is 5.75 Å². The van der Waals surface area contributed by atoms with Gasteiger partial charge < -0.3 is 10.1 Å². The van der Waals surface area contributed by atoms with E-state index < -0.39 is 0 Å². The predicted molar refractivity (Wildman–Crippen MR) is 72.8 cm³/mol. The van der Waals surface area contributed by atoms with Crippen LogP contribution < -0.4 is 10.1 Å². The molecule has 1 aromatic carbocycles. The van der Waals surface area contributed by atoms with Gasteiger partial charge in [0.2, 0.25) is 0 Å². The highest BCUT2D eigenvalue weighted by atomic mass is 32.1. The van der Waals surface area contributed by atoms with E-state index >= 15 is 0 Å². The van der Waals surface area contributed by atoms with Gasteiger partial charge in [-0.25, -0.2) is 0 Å². The van der Waals surface area contributed by atoms with Crippen molar-refractivity contribution in [1.82, 2.24) is 5.32 Å². The molecule has 0 spiro atoms. The van der Waals surface area contributed by atoms with Crippen LogP contribution in [0.3, 0.4) is 0 Å². The second-order valence-electron chi connectivity index (χ2n) is 3.90. The summed E-state index contributed by atoms with van der Waals surface area (Å²) >= 11 is 1.77. The predicted octanol–water partition coefficient (Wildman–Crippen LogP) is 3.40. The average molecular weight is 247 g/mol. The summed E-state index contributed by atoms with van der Waals surface area (Å²) in [5, 5.41) is 5.42. The summed E-state index contributed by atoms with van der Waals surface area (Å²) in [4.78, 5) is 1.35. The van der Waals surface area contributed by atoms with Crippen LogP contribution in [0.15, 0.2) is 41.8 Å². The molecule has 0 saturated carbocycles. The molecule has 3 heteroatoms. The summed E-state index contributed by atoms with van der Waals surface area (Å²) in [7, 11) is 1.97. The lowest BCUT2D eigenvalue weighted by atomic mass is 10.1. The highest BCUT2D eigenvalue weighted by Crippen LogP contribution is 2.23. The first-order valence-electron chi connectivity index (χ1n) is 5.70. The van der Waals surface area contributed by atoms with Gasteiger partial charge in [0, 0.05) is 4.88 Å². The molecule has 2 aromatic rings. The van der Waals surface area contributed by atoms with E-state index in [2.05, 4.69) is 23.7 Å². The van der Waals surface area contributed by atoms with Gasteiger partial charge in [-0.3, -0.25) is 0 Å². The number of likely N-dealkylation sites (N-methyl/N-ethyl adjacent to an activating group) is 1. The Morgan fingerprint density at radius 2 is 2.00 bits per heavy atom. The van der Waals surface area contributed by atoms with Crippen LogP contribution in [-0.4, -0.2) is 13.7 Å². The number of hydrogen-bond acceptors (Lipinski definition) is 3. The van der Waals surface area contributed by atoms with Crippen molar-refractivity contribution in [3.8, 4) is 5.75 Å². The number of para-hydroxylation sites is 1. The fourth-order valence-corrected chi connectivity index (χ4v) is 2.55. The molecule has 1 aromatic heterocycles. The first kappa shape index (κ1) is 12.1. The number of rotatable bonds is 5. The zero-order chi connectivity index (χ0) is 12.1. The smallest absolute Gasteiger partial charge is 0.119 e. The van der Waals surface area contributed by atoms with Gasteiger partial charge in [0.1, 0.15) is 12.4 Å². The molecule has 1 unspecified atom stereocenters. The summed E-state index contributed by atoms with van der Waals surface area (Å²) in [6, 6.07) is 12.3. The third kappa shape index (κ3) is 3.08. The van der Waals surface area contributed by atoms with Crippen molar-refractivity contribution in [1.29, 1.82) is 0 Å². The third-order valence-electron chi connectivity index (χ3n) is 2.78. The maximum Gasteiger partial charge on any atom is 0.119 e. The molecule has 0 bridgehead atoms. The number of aryl methyl sites for hydroxylation is 1. The Morgan fingerprint density at radius 3 is 2.59 bits per heavy atom. The van der Waals surface area contributed by atoms with Crippen molar-refractivity contribution in [3.05, 3.63) is 52.2 Å². The van der Waals surface area contributed by atoms with Crippen LogP contribution in [0, 0.1) is 6.92 Å². The van der Waals surface area contributed by atoms with Crippen molar-refractivity contribution in [3.63, 3.8) is 0 Å². The molecule has 90 valence electrons. The van der Waals surface area contributed by atoms with E-state index in [1.807, 2.05) is 37.4 Å². The van der Waals surface area contributed by atoms with Crippen molar-refractivity contribution in [2.45, 2.75) is 13.0 Å². The SMILES string of the molecule is CNC(COc1ccccc1)c1ccsc1C. The first-order valence-corrected chi connectivity index (χ1v) is 6.58. The second-order valence-corrected chi connectivity index (χ2v) is 5.02. The van der Waals surface area contributed by atoms with Crippen LogP contribution in [0.25, 0.3) is 0 Å². The van der Waals surface area contributed by atoms with Crippen LogP contribution in [-0.2, 0) is 0 Å². The van der Waals surface area contributed by atoms with E-state index in [4.69, 9.17) is 4.74 Å². The van der Waals surface area contributed by atoms with Gasteiger partial charge in [0.05, 0.1) is 6.04 Å². The standard InChI is InChI=1S/C14H17NOS/c1-11-13(8-9-17-11)14(15-2)10-16-12-6-4-3-5-7-12/h3-9,14-15H,10H2,1-2H3. The van der Waals surface area contributed by atoms with Crippen molar-refractivity contribution in [2.24, 2.45) is 0 Å². The largest absolute Gasteiger partial charge is 0.492 e. The molecule has 0 radical (unpaired) electrons. The highest BCUT2D eigenvalue weighted by molar-refractivity contribution is 7.10. The van der Waals surface area contributed by atoms with E-state index in [-0.39, 0.29) is 6.04 Å². The Bertz CT molecular complexity index is 452. The lowest BCUT2D eigenvalue weighted by molar-refractivity contribution is 0.273. The van der Waals surface area contributed by atoms with Gasteiger partial charge in [-0.2, -0.15) is 0 Å². The number of hydrogen-bond donors (Lipinski definition) is 1. The highest BCUT2D eigenvalue weighted by Gasteiger charge is 2.13. The molecular formula is C14H17NOS. The van der Waals surface area contributed by atoms with E-state index in [9.17, 15) is 0 Å². The Hall–Kier alpha value is -1.32. The van der Waals surface area contributed by atoms with Crippen molar-refractivity contribution >= 4 is 11.3 Å². The Kier molecular flexibility index (Phi) is 4.18. The summed E-state index contributed by atoms with van der Waals surface area (Å²) in [5.74, 6) is 0.917. The third-order valence-corrected chi connectivity index (χ3v) is 3.64. The quantitative estimate of drug-likeness (QED) is 0.874. The molecule has 0 aliphatic carbocycles. The first-order chi connectivity index (χ1) is 8.31. The summed E-state index contributed by atoms with van der Waals surface area (Å²) in [5.41, 5.74) is 1.33. The van der Waals surface area contributed by atoms with Crippen LogP contribution in [0.4, 0.5) is 0 Å². The lowest BCUT2D eigenvalue weighted by Gasteiger charge is -2.17. The van der Waals surface area contributed by atoms with E-state index in [1.165, 1.54) is 10.4 Å². The molecule has 0 aliphatic rings. The van der Waals surface area contributed by atoms with Gasteiger partial charge >= 0.3 is 0 Å². The van der Waals surface area contributed by atoms with Crippen molar-refractivity contribution < 1.29 is 4.74 Å². The van der Waals surface area contributed by atoms with Crippen LogP contribution in [0.2, 0.25) is 0 Å². The Balaban J connectivity index is 2.00. The fraction of sp³-hybridized carbons (Fsp3) is 0.286. The monoisotopic (exact) mass is 247 g/mol. The van der Waals surface area contributed by atoms with Crippen LogP contribution in [0.1, 0.15) is 16.5 Å². The minimum atomic E-state index is 0.251. The van der Waals surface area contributed by atoms with Gasteiger partial charge in [-0.05, 0) is 43.1 Å². The number of benzene rings is 1. The number of thiophene rings is 1. The molecule has 2 nitrogen and oxygen atoms in total. The minimum absolute atomic E-state index is 0.251. The average Bonchev–Trinajstić information content (AvgIpc) is 2.78. The fourth-order valence-electron chi connectivity index (χ4n) is 1.78. The number of nitrogens with one attached hydrogen (secondary N) is 1. The lowest BCUT2D eigenvalue weighted by Crippen LogP contribution is -2.23. The maximum atomic E-state index is 5.78. The Labute approximate surface area is 106 Å². The van der Waals surface area contributed by atoms with Crippen molar-refractivity contribution in [2.75, 3.05) is 13.7 Å². The molecule has 0 saturated heterocycles. The molecule has 17 heavy (non-hydrogen) atoms. The summed E-state index contributed by atoms with van der Waals surface area (Å²) < 4.78 is 5.78.